The summed E-state index contributed by atoms with van der Waals surface area (Å²) in [5, 5.41) is 0. The number of ketones is 1. The van der Waals surface area contributed by atoms with E-state index in [9.17, 15) is 9.59 Å². The lowest BCUT2D eigenvalue weighted by Crippen LogP contribution is -2.25. The molecule has 1 atom stereocenters. The van der Waals surface area contributed by atoms with E-state index in [2.05, 4.69) is 0 Å². The number of hydrogen-bond acceptors (Lipinski definition) is 3. The number of aryl methyl sites for hydroxylation is 1. The van der Waals surface area contributed by atoms with Crippen LogP contribution in [-0.2, 0) is 16.0 Å². The highest BCUT2D eigenvalue weighted by molar-refractivity contribution is 5.94. The van der Waals surface area contributed by atoms with E-state index in [1.54, 1.807) is 24.3 Å². The van der Waals surface area contributed by atoms with E-state index in [4.69, 9.17) is 4.74 Å². The van der Waals surface area contributed by atoms with Crippen molar-refractivity contribution in [2.24, 2.45) is 0 Å². The Kier molecular flexibility index (Phi) is 3.33. The number of fused-ring (bicyclic) bond motifs is 1. The van der Waals surface area contributed by atoms with Crippen LogP contribution in [0.25, 0.3) is 0 Å². The number of carbonyl (C=O) groups is 2. The van der Waals surface area contributed by atoms with Crippen molar-refractivity contribution in [1.29, 1.82) is 0 Å². The molecular weight excluding hydrogens is 252 g/mol. The molecular formula is C17H14O3. The van der Waals surface area contributed by atoms with Gasteiger partial charge in [-0.1, -0.05) is 42.5 Å². The van der Waals surface area contributed by atoms with E-state index in [1.165, 1.54) is 0 Å². The van der Waals surface area contributed by atoms with Gasteiger partial charge in [-0.25, -0.2) is 4.79 Å². The molecule has 0 bridgehead atoms. The number of Topliss-reactive ketones (excluding diaryl/α,β-unsaturated/α-hetero) is 1. The van der Waals surface area contributed by atoms with Crippen LogP contribution in [0.15, 0.2) is 54.6 Å². The molecule has 2 aromatic carbocycles. The van der Waals surface area contributed by atoms with Crippen molar-refractivity contribution in [3.8, 4) is 0 Å². The van der Waals surface area contributed by atoms with E-state index >= 15 is 0 Å². The quantitative estimate of drug-likeness (QED) is 0.784. The molecule has 0 heterocycles. The van der Waals surface area contributed by atoms with Gasteiger partial charge in [-0.05, 0) is 24.1 Å². The predicted molar refractivity (Wildman–Crippen MR) is 74.4 cm³/mol. The number of carbonyl (C=O) groups excluding carboxylic acids is 2. The smallest absolute Gasteiger partial charge is 0.339 e. The Morgan fingerprint density at radius 2 is 1.65 bits per heavy atom. The molecule has 3 rings (SSSR count). The second-order valence-corrected chi connectivity index (χ2v) is 4.82. The van der Waals surface area contributed by atoms with Crippen molar-refractivity contribution in [3.63, 3.8) is 0 Å². The highest BCUT2D eigenvalue weighted by atomic mass is 16.5. The van der Waals surface area contributed by atoms with E-state index < -0.39 is 12.1 Å². The number of rotatable bonds is 2. The molecule has 0 amide bonds. The molecule has 0 aliphatic heterocycles. The molecule has 0 spiro atoms. The molecule has 1 aliphatic carbocycles. The zero-order valence-electron chi connectivity index (χ0n) is 10.9. The Hall–Kier alpha value is -2.42. The monoisotopic (exact) mass is 266 g/mol. The Morgan fingerprint density at radius 1 is 0.950 bits per heavy atom. The van der Waals surface area contributed by atoms with E-state index in [-0.39, 0.29) is 5.78 Å². The van der Waals surface area contributed by atoms with Gasteiger partial charge < -0.3 is 4.74 Å². The summed E-state index contributed by atoms with van der Waals surface area (Å²) in [5.41, 5.74) is 2.36. The maximum atomic E-state index is 12.1. The van der Waals surface area contributed by atoms with Crippen molar-refractivity contribution < 1.29 is 14.3 Å². The minimum absolute atomic E-state index is 0.0343. The molecule has 3 nitrogen and oxygen atoms in total. The van der Waals surface area contributed by atoms with Gasteiger partial charge in [0.25, 0.3) is 0 Å². The topological polar surface area (TPSA) is 43.4 Å². The maximum absolute atomic E-state index is 12.1. The summed E-state index contributed by atoms with van der Waals surface area (Å²) in [6.07, 6.45) is 0.366. The summed E-state index contributed by atoms with van der Waals surface area (Å²) in [4.78, 5) is 24.1. The SMILES string of the molecule is O=C(O[C@H]1C(=O)CCc2ccccc21)c1ccccc1. The minimum Gasteiger partial charge on any atom is -0.446 e. The molecule has 0 fully saturated rings. The summed E-state index contributed by atoms with van der Waals surface area (Å²) in [6.45, 7) is 0. The zero-order chi connectivity index (χ0) is 13.9. The molecule has 0 saturated heterocycles. The van der Waals surface area contributed by atoms with Gasteiger partial charge in [0, 0.05) is 12.0 Å². The summed E-state index contributed by atoms with van der Waals surface area (Å²) in [7, 11) is 0. The predicted octanol–water partition coefficient (Wildman–Crippen LogP) is 3.10. The molecule has 20 heavy (non-hydrogen) atoms. The fourth-order valence-electron chi connectivity index (χ4n) is 2.46. The lowest BCUT2D eigenvalue weighted by atomic mass is 9.88. The Balaban J connectivity index is 1.87. The van der Waals surface area contributed by atoms with Gasteiger partial charge in [0.05, 0.1) is 5.56 Å². The van der Waals surface area contributed by atoms with Crippen LogP contribution in [0.4, 0.5) is 0 Å². The van der Waals surface area contributed by atoms with Crippen LogP contribution >= 0.6 is 0 Å². The fraction of sp³-hybridized carbons (Fsp3) is 0.176. The van der Waals surface area contributed by atoms with Gasteiger partial charge in [0.1, 0.15) is 0 Å². The third-order valence-electron chi connectivity index (χ3n) is 3.51. The number of hydrogen-bond donors (Lipinski definition) is 0. The van der Waals surface area contributed by atoms with Crippen LogP contribution in [0, 0.1) is 0 Å². The first-order valence-corrected chi connectivity index (χ1v) is 6.62. The molecule has 0 N–H and O–H groups in total. The van der Waals surface area contributed by atoms with Crippen LogP contribution in [0.2, 0.25) is 0 Å². The first-order valence-electron chi connectivity index (χ1n) is 6.62. The number of esters is 1. The fourth-order valence-corrected chi connectivity index (χ4v) is 2.46. The summed E-state index contributed by atoms with van der Waals surface area (Å²) < 4.78 is 5.43. The number of ether oxygens (including phenoxy) is 1. The summed E-state index contributed by atoms with van der Waals surface area (Å²) in [6, 6.07) is 16.4. The van der Waals surface area contributed by atoms with Gasteiger partial charge >= 0.3 is 5.97 Å². The Bertz CT molecular complexity index is 646. The van der Waals surface area contributed by atoms with E-state index in [0.717, 1.165) is 11.1 Å². The van der Waals surface area contributed by atoms with Gasteiger partial charge in [-0.3, -0.25) is 4.79 Å². The lowest BCUT2D eigenvalue weighted by Gasteiger charge is -2.24. The molecule has 3 heteroatoms. The normalized spacial score (nSPS) is 17.4. The van der Waals surface area contributed by atoms with Crippen molar-refractivity contribution in [3.05, 3.63) is 71.3 Å². The van der Waals surface area contributed by atoms with Crippen LogP contribution in [0.3, 0.4) is 0 Å². The standard InChI is InChI=1S/C17H14O3/c18-15-11-10-12-6-4-5-9-14(12)16(15)20-17(19)13-7-2-1-3-8-13/h1-9,16H,10-11H2/t16-/m1/s1. The second-order valence-electron chi connectivity index (χ2n) is 4.82. The average Bonchev–Trinajstić information content (AvgIpc) is 2.51. The van der Waals surface area contributed by atoms with Crippen molar-refractivity contribution in [2.75, 3.05) is 0 Å². The molecule has 0 unspecified atom stereocenters. The largest absolute Gasteiger partial charge is 0.446 e. The average molecular weight is 266 g/mol. The molecule has 0 aromatic heterocycles. The van der Waals surface area contributed by atoms with Crippen LogP contribution < -0.4 is 0 Å². The molecule has 1 aliphatic rings. The van der Waals surface area contributed by atoms with Gasteiger partial charge in [-0.15, -0.1) is 0 Å². The number of benzene rings is 2. The zero-order valence-corrected chi connectivity index (χ0v) is 10.9. The van der Waals surface area contributed by atoms with Gasteiger partial charge in [0.15, 0.2) is 11.9 Å². The first-order chi connectivity index (χ1) is 9.75. The van der Waals surface area contributed by atoms with E-state index in [0.29, 0.717) is 18.4 Å². The van der Waals surface area contributed by atoms with E-state index in [1.807, 2.05) is 30.3 Å². The molecule has 100 valence electrons. The summed E-state index contributed by atoms with van der Waals surface area (Å²) in [5.74, 6) is -0.492. The molecule has 2 aromatic rings. The molecule has 0 radical (unpaired) electrons. The maximum Gasteiger partial charge on any atom is 0.339 e. The summed E-state index contributed by atoms with van der Waals surface area (Å²) >= 11 is 0. The Morgan fingerprint density at radius 3 is 2.45 bits per heavy atom. The second kappa shape index (κ2) is 5.29. The van der Waals surface area contributed by atoms with Gasteiger partial charge in [0.2, 0.25) is 0 Å². The van der Waals surface area contributed by atoms with Crippen molar-refractivity contribution in [2.45, 2.75) is 18.9 Å². The highest BCUT2D eigenvalue weighted by Gasteiger charge is 2.30. The first kappa shape index (κ1) is 12.6. The minimum atomic E-state index is -0.771. The lowest BCUT2D eigenvalue weighted by molar-refractivity contribution is -0.128. The third-order valence-corrected chi connectivity index (χ3v) is 3.51. The molecule has 0 saturated carbocycles. The van der Waals surface area contributed by atoms with Crippen LogP contribution in [0.5, 0.6) is 0 Å². The Labute approximate surface area is 117 Å². The van der Waals surface area contributed by atoms with Crippen molar-refractivity contribution in [1.82, 2.24) is 0 Å². The van der Waals surface area contributed by atoms with Crippen LogP contribution in [-0.4, -0.2) is 11.8 Å². The van der Waals surface area contributed by atoms with Crippen molar-refractivity contribution >= 4 is 11.8 Å². The third kappa shape index (κ3) is 2.35. The van der Waals surface area contributed by atoms with Crippen LogP contribution in [0.1, 0.15) is 34.0 Å². The van der Waals surface area contributed by atoms with Gasteiger partial charge in [-0.2, -0.15) is 0 Å². The highest BCUT2D eigenvalue weighted by Crippen LogP contribution is 2.30.